The molecule has 0 saturated carbocycles. The lowest BCUT2D eigenvalue weighted by Crippen LogP contribution is -2.19. The molecule has 0 amide bonds. The van der Waals surface area contributed by atoms with Crippen LogP contribution in [0, 0.1) is 11.8 Å². The van der Waals surface area contributed by atoms with Crippen molar-refractivity contribution in [3.05, 3.63) is 12.1 Å². The van der Waals surface area contributed by atoms with Gasteiger partial charge in [0.2, 0.25) is 5.75 Å². The molecule has 0 aromatic heterocycles. The van der Waals surface area contributed by atoms with Crippen LogP contribution >= 0.6 is 12.6 Å². The van der Waals surface area contributed by atoms with E-state index in [9.17, 15) is 0 Å². The normalized spacial score (nSPS) is 12.2. The topological polar surface area (TPSA) is 36.9 Å². The fourth-order valence-corrected chi connectivity index (χ4v) is 2.33. The molecule has 0 aliphatic carbocycles. The Kier molecular flexibility index (Phi) is 6.85. The van der Waals surface area contributed by atoms with Gasteiger partial charge in [-0.25, -0.2) is 0 Å². The molecule has 0 aliphatic heterocycles. The van der Waals surface area contributed by atoms with E-state index in [2.05, 4.69) is 26.5 Å². The van der Waals surface area contributed by atoms with E-state index in [1.807, 2.05) is 0 Å². The number of methoxy groups -OCH3 is 3. The molecule has 1 rings (SSSR count). The first kappa shape index (κ1) is 16.8. The number of hydrogen-bond donors (Lipinski definition) is 1. The molecular weight excluding hydrogens is 276 g/mol. The lowest BCUT2D eigenvalue weighted by Gasteiger charge is -2.20. The monoisotopic (exact) mass is 300 g/mol. The summed E-state index contributed by atoms with van der Waals surface area (Å²) in [7, 11) is 4.76. The molecule has 1 aromatic carbocycles. The van der Waals surface area contributed by atoms with Crippen LogP contribution in [-0.4, -0.2) is 33.7 Å². The molecule has 20 heavy (non-hydrogen) atoms. The van der Waals surface area contributed by atoms with Crippen LogP contribution in [0.3, 0.4) is 0 Å². The van der Waals surface area contributed by atoms with Gasteiger partial charge in [-0.05, 0) is 11.7 Å². The van der Waals surface area contributed by atoms with Crippen molar-refractivity contribution in [3.63, 3.8) is 0 Å². The Morgan fingerprint density at radius 3 is 1.90 bits per heavy atom. The molecule has 1 atom stereocenters. The third-order valence-electron chi connectivity index (χ3n) is 3.28. The second kappa shape index (κ2) is 8.15. The molecule has 0 fully saturated rings. The zero-order valence-electron chi connectivity index (χ0n) is 12.8. The highest BCUT2D eigenvalue weighted by Crippen LogP contribution is 2.40. The summed E-state index contributed by atoms with van der Waals surface area (Å²) in [6.45, 7) is 4.94. The van der Waals surface area contributed by atoms with E-state index in [1.165, 1.54) is 0 Å². The van der Waals surface area contributed by atoms with Crippen LogP contribution in [0.4, 0.5) is 0 Å². The maximum absolute atomic E-state index is 5.84. The zero-order valence-corrected chi connectivity index (χ0v) is 13.7. The van der Waals surface area contributed by atoms with Crippen molar-refractivity contribution in [2.24, 2.45) is 11.8 Å². The van der Waals surface area contributed by atoms with Crippen LogP contribution in [0.2, 0.25) is 0 Å². The Hall–Kier alpha value is -1.23. The lowest BCUT2D eigenvalue weighted by atomic mass is 9.99. The minimum Gasteiger partial charge on any atom is -0.493 e. The zero-order chi connectivity index (χ0) is 15.1. The van der Waals surface area contributed by atoms with Gasteiger partial charge in [0.1, 0.15) is 5.75 Å². The van der Waals surface area contributed by atoms with Gasteiger partial charge in [-0.3, -0.25) is 0 Å². The van der Waals surface area contributed by atoms with Crippen LogP contribution < -0.4 is 18.9 Å². The Balaban J connectivity index is 2.90. The molecule has 0 heterocycles. The Bertz CT molecular complexity index is 395. The smallest absolute Gasteiger partial charge is 0.203 e. The number of thiol groups is 1. The van der Waals surface area contributed by atoms with Gasteiger partial charge < -0.3 is 18.9 Å². The summed E-state index contributed by atoms with van der Waals surface area (Å²) in [5.41, 5.74) is 0. The SMILES string of the molecule is COc1cc(OCC(CS)C(C)C)cc(OC)c1OC. The van der Waals surface area contributed by atoms with E-state index in [4.69, 9.17) is 18.9 Å². The van der Waals surface area contributed by atoms with Crippen molar-refractivity contribution >= 4 is 12.6 Å². The molecule has 0 radical (unpaired) electrons. The highest BCUT2D eigenvalue weighted by molar-refractivity contribution is 7.80. The molecule has 114 valence electrons. The fourth-order valence-electron chi connectivity index (χ4n) is 1.80. The standard InChI is InChI=1S/C15H24O4S/c1-10(2)11(9-20)8-19-12-6-13(16-3)15(18-5)14(7-12)17-4/h6-7,10-11,20H,8-9H2,1-5H3. The minimum absolute atomic E-state index is 0.400. The van der Waals surface area contributed by atoms with E-state index >= 15 is 0 Å². The third kappa shape index (κ3) is 4.13. The van der Waals surface area contributed by atoms with Crippen molar-refractivity contribution in [1.82, 2.24) is 0 Å². The largest absolute Gasteiger partial charge is 0.493 e. The number of ether oxygens (including phenoxy) is 4. The first-order valence-electron chi connectivity index (χ1n) is 6.61. The highest BCUT2D eigenvalue weighted by Gasteiger charge is 2.16. The fraction of sp³-hybridized carbons (Fsp3) is 0.600. The quantitative estimate of drug-likeness (QED) is 0.748. The van der Waals surface area contributed by atoms with Gasteiger partial charge in [0.25, 0.3) is 0 Å². The van der Waals surface area contributed by atoms with Gasteiger partial charge in [0.05, 0.1) is 27.9 Å². The molecule has 0 bridgehead atoms. The van der Waals surface area contributed by atoms with Crippen molar-refractivity contribution in [1.29, 1.82) is 0 Å². The van der Waals surface area contributed by atoms with Crippen molar-refractivity contribution < 1.29 is 18.9 Å². The summed E-state index contributed by atoms with van der Waals surface area (Å²) in [6.07, 6.45) is 0. The van der Waals surface area contributed by atoms with Crippen molar-refractivity contribution in [2.75, 3.05) is 33.7 Å². The summed E-state index contributed by atoms with van der Waals surface area (Å²) in [5, 5.41) is 0. The molecule has 0 aliphatic rings. The first-order chi connectivity index (χ1) is 9.57. The second-order valence-corrected chi connectivity index (χ2v) is 5.22. The average molecular weight is 300 g/mol. The summed E-state index contributed by atoms with van der Waals surface area (Å²) in [4.78, 5) is 0. The van der Waals surface area contributed by atoms with E-state index in [1.54, 1.807) is 33.5 Å². The van der Waals surface area contributed by atoms with Crippen LogP contribution in [0.15, 0.2) is 12.1 Å². The molecular formula is C15H24O4S. The van der Waals surface area contributed by atoms with Crippen LogP contribution in [-0.2, 0) is 0 Å². The van der Waals surface area contributed by atoms with Crippen molar-refractivity contribution in [2.45, 2.75) is 13.8 Å². The number of hydrogen-bond acceptors (Lipinski definition) is 5. The highest BCUT2D eigenvalue weighted by atomic mass is 32.1. The Labute approximate surface area is 126 Å². The molecule has 5 heteroatoms. The van der Waals surface area contributed by atoms with E-state index in [0.29, 0.717) is 41.4 Å². The third-order valence-corrected chi connectivity index (χ3v) is 3.75. The maximum Gasteiger partial charge on any atom is 0.203 e. The molecule has 0 N–H and O–H groups in total. The summed E-state index contributed by atoms with van der Waals surface area (Å²) in [6, 6.07) is 3.61. The van der Waals surface area contributed by atoms with Gasteiger partial charge in [-0.15, -0.1) is 0 Å². The van der Waals surface area contributed by atoms with E-state index in [-0.39, 0.29) is 0 Å². The summed E-state index contributed by atoms with van der Waals surface area (Å²) >= 11 is 4.36. The molecule has 1 unspecified atom stereocenters. The molecule has 0 spiro atoms. The van der Waals surface area contributed by atoms with E-state index in [0.717, 1.165) is 5.75 Å². The second-order valence-electron chi connectivity index (χ2n) is 4.86. The predicted molar refractivity (Wildman–Crippen MR) is 83.8 cm³/mol. The Morgan fingerprint density at radius 1 is 1.00 bits per heavy atom. The summed E-state index contributed by atoms with van der Waals surface area (Å²) in [5.74, 6) is 4.17. The Morgan fingerprint density at radius 2 is 1.55 bits per heavy atom. The van der Waals surface area contributed by atoms with Crippen LogP contribution in [0.25, 0.3) is 0 Å². The first-order valence-corrected chi connectivity index (χ1v) is 7.24. The van der Waals surface area contributed by atoms with Crippen molar-refractivity contribution in [3.8, 4) is 23.0 Å². The van der Waals surface area contributed by atoms with Crippen LogP contribution in [0.1, 0.15) is 13.8 Å². The molecule has 0 saturated heterocycles. The molecule has 4 nitrogen and oxygen atoms in total. The van der Waals surface area contributed by atoms with Gasteiger partial charge >= 0.3 is 0 Å². The molecule has 1 aromatic rings. The number of benzene rings is 1. The predicted octanol–water partition coefficient (Wildman–Crippen LogP) is 3.29. The van der Waals surface area contributed by atoms with Gasteiger partial charge in [0.15, 0.2) is 11.5 Å². The van der Waals surface area contributed by atoms with Gasteiger partial charge in [-0.2, -0.15) is 12.6 Å². The van der Waals surface area contributed by atoms with Gasteiger partial charge in [0, 0.05) is 18.1 Å². The van der Waals surface area contributed by atoms with Gasteiger partial charge in [-0.1, -0.05) is 13.8 Å². The lowest BCUT2D eigenvalue weighted by molar-refractivity contribution is 0.224. The minimum atomic E-state index is 0.400. The average Bonchev–Trinajstić information content (AvgIpc) is 2.46. The number of rotatable bonds is 8. The maximum atomic E-state index is 5.84. The van der Waals surface area contributed by atoms with E-state index < -0.39 is 0 Å². The summed E-state index contributed by atoms with van der Waals surface area (Å²) < 4.78 is 21.7. The van der Waals surface area contributed by atoms with Crippen LogP contribution in [0.5, 0.6) is 23.0 Å².